The highest BCUT2D eigenvalue weighted by molar-refractivity contribution is 5.87. The van der Waals surface area contributed by atoms with Gasteiger partial charge in [-0.3, -0.25) is 0 Å². The Morgan fingerprint density at radius 2 is 1.50 bits per heavy atom. The van der Waals surface area contributed by atoms with Crippen molar-refractivity contribution in [3.05, 3.63) is 83.9 Å². The van der Waals surface area contributed by atoms with Gasteiger partial charge in [0.25, 0.3) is 0 Å². The van der Waals surface area contributed by atoms with Crippen LogP contribution in [0.5, 0.6) is 11.5 Å². The van der Waals surface area contributed by atoms with Gasteiger partial charge in [0.2, 0.25) is 0 Å². The average Bonchev–Trinajstić information content (AvgIpc) is 3.12. The van der Waals surface area contributed by atoms with Crippen LogP contribution in [0, 0.1) is 22.7 Å². The summed E-state index contributed by atoms with van der Waals surface area (Å²) in [5, 5.41) is 18.9. The maximum absolute atomic E-state index is 9.03. The van der Waals surface area contributed by atoms with Crippen LogP contribution < -0.4 is 4.74 Å². The van der Waals surface area contributed by atoms with Crippen LogP contribution in [-0.2, 0) is 0 Å². The molecule has 0 spiro atoms. The number of hydrogen-bond donors (Lipinski definition) is 1. The van der Waals surface area contributed by atoms with Crippen molar-refractivity contribution in [1.82, 2.24) is 4.98 Å². The molecule has 1 heterocycles. The van der Waals surface area contributed by atoms with Crippen molar-refractivity contribution < 1.29 is 4.74 Å². The van der Waals surface area contributed by atoms with E-state index in [1.165, 1.54) is 0 Å². The summed E-state index contributed by atoms with van der Waals surface area (Å²) in [5.74, 6) is 1.39. The third-order valence-corrected chi connectivity index (χ3v) is 4.12. The van der Waals surface area contributed by atoms with E-state index in [2.05, 4.69) is 23.2 Å². The molecule has 0 fully saturated rings. The molecule has 4 rings (SSSR count). The molecule has 1 N–H and O–H groups in total. The van der Waals surface area contributed by atoms with Crippen molar-refractivity contribution >= 4 is 10.9 Å². The Hall–Kier alpha value is -4.02. The summed E-state index contributed by atoms with van der Waals surface area (Å²) in [7, 11) is 0. The quantitative estimate of drug-likeness (QED) is 0.547. The molecule has 0 aliphatic carbocycles. The first-order chi connectivity index (χ1) is 12.7. The molecule has 0 amide bonds. The Bertz CT molecular complexity index is 1170. The van der Waals surface area contributed by atoms with Crippen LogP contribution >= 0.6 is 0 Å². The van der Waals surface area contributed by atoms with E-state index in [9.17, 15) is 0 Å². The minimum Gasteiger partial charge on any atom is -0.457 e. The molecule has 0 atom stereocenters. The van der Waals surface area contributed by atoms with Gasteiger partial charge < -0.3 is 9.72 Å². The molecule has 4 aromatic rings. The van der Waals surface area contributed by atoms with Crippen molar-refractivity contribution in [1.29, 1.82) is 10.5 Å². The molecule has 0 bridgehead atoms. The molecule has 0 aliphatic heterocycles. The van der Waals surface area contributed by atoms with Gasteiger partial charge in [-0.15, -0.1) is 0 Å². The lowest BCUT2D eigenvalue weighted by Gasteiger charge is -2.07. The molecule has 0 aliphatic rings. The second kappa shape index (κ2) is 6.47. The van der Waals surface area contributed by atoms with E-state index in [4.69, 9.17) is 15.3 Å². The number of nitrogens with one attached hydrogen (secondary N) is 1. The van der Waals surface area contributed by atoms with Crippen LogP contribution in [0.1, 0.15) is 11.1 Å². The van der Waals surface area contributed by atoms with Crippen molar-refractivity contribution in [2.24, 2.45) is 0 Å². The van der Waals surface area contributed by atoms with Crippen LogP contribution in [-0.4, -0.2) is 4.98 Å². The Morgan fingerprint density at radius 1 is 0.731 bits per heavy atom. The monoisotopic (exact) mass is 335 g/mol. The summed E-state index contributed by atoms with van der Waals surface area (Å²) in [5.41, 5.74) is 4.10. The Kier molecular flexibility index (Phi) is 3.86. The minimum absolute atomic E-state index is 0.598. The Morgan fingerprint density at radius 3 is 2.27 bits per heavy atom. The van der Waals surface area contributed by atoms with E-state index in [0.29, 0.717) is 22.6 Å². The maximum Gasteiger partial charge on any atom is 0.128 e. The van der Waals surface area contributed by atoms with E-state index in [0.717, 1.165) is 22.2 Å². The van der Waals surface area contributed by atoms with Crippen molar-refractivity contribution in [3.63, 3.8) is 0 Å². The van der Waals surface area contributed by atoms with Crippen LogP contribution in [0.25, 0.3) is 22.2 Å². The molecular formula is C22H13N3O. The number of aromatic amines is 1. The first kappa shape index (κ1) is 15.5. The SMILES string of the molecule is N#Cc1ccc(Oc2cccc(-c3cc4ccc(C#N)cc4[nH]3)c2)cc1. The molecule has 3 aromatic carbocycles. The molecule has 0 radical (unpaired) electrons. The number of nitrogens with zero attached hydrogens (tertiary/aromatic N) is 2. The van der Waals surface area contributed by atoms with Gasteiger partial charge in [-0.25, -0.2) is 0 Å². The molecule has 122 valence electrons. The van der Waals surface area contributed by atoms with Crippen molar-refractivity contribution in [2.75, 3.05) is 0 Å². The second-order valence-corrected chi connectivity index (χ2v) is 5.86. The Balaban J connectivity index is 1.65. The number of aromatic nitrogens is 1. The molecule has 26 heavy (non-hydrogen) atoms. The third kappa shape index (κ3) is 3.00. The predicted octanol–water partition coefficient (Wildman–Crippen LogP) is 5.37. The lowest BCUT2D eigenvalue weighted by molar-refractivity contribution is 0.483. The molecule has 0 saturated heterocycles. The van der Waals surface area contributed by atoms with E-state index >= 15 is 0 Å². The van der Waals surface area contributed by atoms with E-state index in [-0.39, 0.29) is 0 Å². The largest absolute Gasteiger partial charge is 0.457 e. The number of fused-ring (bicyclic) bond motifs is 1. The zero-order valence-corrected chi connectivity index (χ0v) is 13.7. The molecule has 0 unspecified atom stereocenters. The van der Waals surface area contributed by atoms with Gasteiger partial charge in [-0.2, -0.15) is 10.5 Å². The predicted molar refractivity (Wildman–Crippen MR) is 99.7 cm³/mol. The minimum atomic E-state index is 0.598. The summed E-state index contributed by atoms with van der Waals surface area (Å²) >= 11 is 0. The van der Waals surface area contributed by atoms with Crippen LogP contribution in [0.2, 0.25) is 0 Å². The normalized spacial score (nSPS) is 10.2. The van der Waals surface area contributed by atoms with Crippen LogP contribution in [0.4, 0.5) is 0 Å². The lowest BCUT2D eigenvalue weighted by Crippen LogP contribution is -1.85. The van der Waals surface area contributed by atoms with Crippen LogP contribution in [0.3, 0.4) is 0 Å². The van der Waals surface area contributed by atoms with Gasteiger partial charge in [0.15, 0.2) is 0 Å². The first-order valence-electron chi connectivity index (χ1n) is 8.06. The lowest BCUT2D eigenvalue weighted by atomic mass is 10.1. The number of H-pyrrole nitrogens is 1. The summed E-state index contributed by atoms with van der Waals surface area (Å²) in [4.78, 5) is 3.35. The van der Waals surface area contributed by atoms with Gasteiger partial charge >= 0.3 is 0 Å². The number of nitriles is 2. The molecule has 4 nitrogen and oxygen atoms in total. The second-order valence-electron chi connectivity index (χ2n) is 5.86. The van der Waals surface area contributed by atoms with E-state index in [1.807, 2.05) is 42.5 Å². The van der Waals surface area contributed by atoms with Gasteiger partial charge in [0, 0.05) is 22.2 Å². The number of rotatable bonds is 3. The Labute approximate surface area is 150 Å². The smallest absolute Gasteiger partial charge is 0.128 e. The summed E-state index contributed by atoms with van der Waals surface area (Å²) in [6.45, 7) is 0. The fourth-order valence-corrected chi connectivity index (χ4v) is 2.81. The highest BCUT2D eigenvalue weighted by Crippen LogP contribution is 2.29. The highest BCUT2D eigenvalue weighted by Gasteiger charge is 2.06. The van der Waals surface area contributed by atoms with E-state index < -0.39 is 0 Å². The summed E-state index contributed by atoms with van der Waals surface area (Å²) in [6, 6.07) is 26.7. The topological polar surface area (TPSA) is 72.6 Å². The number of ether oxygens (including phenoxy) is 1. The molecule has 0 saturated carbocycles. The fraction of sp³-hybridized carbons (Fsp3) is 0. The van der Waals surface area contributed by atoms with Gasteiger partial charge in [-0.05, 0) is 54.6 Å². The third-order valence-electron chi connectivity index (χ3n) is 4.12. The number of hydrogen-bond acceptors (Lipinski definition) is 3. The van der Waals surface area contributed by atoms with E-state index in [1.54, 1.807) is 24.3 Å². The van der Waals surface area contributed by atoms with Gasteiger partial charge in [0.1, 0.15) is 11.5 Å². The molecule has 4 heteroatoms. The average molecular weight is 335 g/mol. The highest BCUT2D eigenvalue weighted by atomic mass is 16.5. The zero-order chi connectivity index (χ0) is 17.9. The standard InChI is InChI=1S/C22H13N3O/c23-13-15-5-8-19(9-6-15)26-20-3-1-2-17(11-20)22-12-18-7-4-16(14-24)10-21(18)25-22/h1-12,25H. The fourth-order valence-electron chi connectivity index (χ4n) is 2.81. The maximum atomic E-state index is 9.03. The van der Waals surface area contributed by atoms with Crippen molar-refractivity contribution in [2.45, 2.75) is 0 Å². The van der Waals surface area contributed by atoms with Crippen LogP contribution in [0.15, 0.2) is 72.8 Å². The van der Waals surface area contributed by atoms with Crippen molar-refractivity contribution in [3.8, 4) is 34.9 Å². The summed E-state index contributed by atoms with van der Waals surface area (Å²) < 4.78 is 5.88. The van der Waals surface area contributed by atoms with Gasteiger partial charge in [0.05, 0.1) is 23.3 Å². The first-order valence-corrected chi connectivity index (χ1v) is 8.06. The molecule has 1 aromatic heterocycles. The zero-order valence-electron chi connectivity index (χ0n) is 13.7. The number of benzene rings is 3. The molecular weight excluding hydrogens is 322 g/mol. The summed E-state index contributed by atoms with van der Waals surface area (Å²) in [6.07, 6.45) is 0. The van der Waals surface area contributed by atoms with Gasteiger partial charge in [-0.1, -0.05) is 18.2 Å².